The van der Waals surface area contributed by atoms with Crippen LogP contribution in [0.15, 0.2) is 0 Å². The summed E-state index contributed by atoms with van der Waals surface area (Å²) in [6, 6.07) is 0. The van der Waals surface area contributed by atoms with Crippen molar-refractivity contribution in [3.05, 3.63) is 0 Å². The lowest BCUT2D eigenvalue weighted by Gasteiger charge is -2.10. The predicted molar refractivity (Wildman–Crippen MR) is 72.7 cm³/mol. The van der Waals surface area contributed by atoms with E-state index in [9.17, 15) is 8.42 Å². The summed E-state index contributed by atoms with van der Waals surface area (Å²) in [5.74, 6) is 0.319. The third-order valence-electron chi connectivity index (χ3n) is 2.59. The minimum Gasteiger partial charge on any atom is -0.383 e. The van der Waals surface area contributed by atoms with Crippen LogP contribution in [-0.2, 0) is 19.5 Å². The fourth-order valence-electron chi connectivity index (χ4n) is 1.68. The lowest BCUT2D eigenvalue weighted by Crippen LogP contribution is -2.36. The molecule has 0 bridgehead atoms. The third kappa shape index (κ3) is 8.23. The molecular weight excluding hydrogens is 280 g/mol. The molecule has 18 heavy (non-hydrogen) atoms. The highest BCUT2D eigenvalue weighted by atomic mass is 35.5. The van der Waals surface area contributed by atoms with Gasteiger partial charge in [-0.2, -0.15) is 0 Å². The number of halogens is 1. The van der Waals surface area contributed by atoms with Gasteiger partial charge in [0.15, 0.2) is 0 Å². The van der Waals surface area contributed by atoms with Gasteiger partial charge in [-0.3, -0.25) is 0 Å². The van der Waals surface area contributed by atoms with Gasteiger partial charge in [0.05, 0.1) is 19.0 Å². The zero-order valence-electron chi connectivity index (χ0n) is 10.7. The van der Waals surface area contributed by atoms with Crippen molar-refractivity contribution in [2.75, 3.05) is 52.3 Å². The molecule has 0 radical (unpaired) electrons. The topological polar surface area (TPSA) is 76.7 Å². The van der Waals surface area contributed by atoms with Gasteiger partial charge in [0.2, 0.25) is 10.0 Å². The second kappa shape index (κ2) is 9.94. The normalized spacial score (nSPS) is 19.7. The Hall–Kier alpha value is 0.0800. The zero-order valence-corrected chi connectivity index (χ0v) is 12.3. The molecule has 1 aliphatic rings. The largest absolute Gasteiger partial charge is 0.383 e. The van der Waals surface area contributed by atoms with Crippen LogP contribution in [0, 0.1) is 5.92 Å². The number of methoxy groups -OCH3 is 1. The molecule has 1 unspecified atom stereocenters. The Morgan fingerprint density at radius 2 is 2.11 bits per heavy atom. The maximum Gasteiger partial charge on any atom is 0.211 e. The van der Waals surface area contributed by atoms with E-state index in [1.165, 1.54) is 0 Å². The summed E-state index contributed by atoms with van der Waals surface area (Å²) >= 11 is 0. The minimum absolute atomic E-state index is 0. The Kier molecular flexibility index (Phi) is 9.98. The van der Waals surface area contributed by atoms with Crippen LogP contribution in [0.5, 0.6) is 0 Å². The van der Waals surface area contributed by atoms with Gasteiger partial charge in [-0.1, -0.05) is 0 Å². The summed E-state index contributed by atoms with van der Waals surface area (Å²) in [7, 11) is -1.53. The lowest BCUT2D eigenvalue weighted by atomic mass is 10.2. The van der Waals surface area contributed by atoms with Crippen LogP contribution < -0.4 is 10.0 Å². The number of sulfonamides is 1. The molecule has 0 aromatic carbocycles. The van der Waals surface area contributed by atoms with Crippen molar-refractivity contribution in [3.8, 4) is 0 Å². The molecule has 1 aliphatic heterocycles. The molecule has 2 N–H and O–H groups in total. The van der Waals surface area contributed by atoms with Gasteiger partial charge in [-0.25, -0.2) is 13.1 Å². The second-order valence-electron chi connectivity index (χ2n) is 4.15. The van der Waals surface area contributed by atoms with E-state index in [0.717, 1.165) is 13.0 Å². The Morgan fingerprint density at radius 1 is 1.33 bits per heavy atom. The summed E-state index contributed by atoms with van der Waals surface area (Å²) in [6.07, 6.45) is 0.840. The van der Waals surface area contributed by atoms with Crippen molar-refractivity contribution < 1.29 is 17.9 Å². The number of nitrogens with one attached hydrogen (secondary N) is 2. The van der Waals surface area contributed by atoms with E-state index in [1.54, 1.807) is 7.11 Å². The fourth-order valence-corrected chi connectivity index (χ4v) is 3.09. The number of hydrogen-bond acceptors (Lipinski definition) is 5. The summed E-state index contributed by atoms with van der Waals surface area (Å²) in [6.45, 7) is 3.63. The molecule has 0 amide bonds. The van der Waals surface area contributed by atoms with Gasteiger partial charge >= 0.3 is 0 Å². The highest BCUT2D eigenvalue weighted by Crippen LogP contribution is 2.13. The minimum atomic E-state index is -3.16. The molecule has 1 atom stereocenters. The van der Waals surface area contributed by atoms with Gasteiger partial charge < -0.3 is 14.8 Å². The van der Waals surface area contributed by atoms with Crippen molar-refractivity contribution >= 4 is 22.4 Å². The summed E-state index contributed by atoms with van der Waals surface area (Å²) in [5, 5.41) is 3.08. The molecule has 6 nitrogen and oxygen atoms in total. The molecular formula is C10H23ClN2O4S. The maximum atomic E-state index is 11.7. The molecule has 110 valence electrons. The first-order chi connectivity index (χ1) is 8.14. The Morgan fingerprint density at radius 3 is 2.72 bits per heavy atom. The van der Waals surface area contributed by atoms with Crippen molar-refractivity contribution in [2.24, 2.45) is 5.92 Å². The Bertz CT molecular complexity index is 294. The monoisotopic (exact) mass is 302 g/mol. The van der Waals surface area contributed by atoms with Crippen LogP contribution in [0.2, 0.25) is 0 Å². The standard InChI is InChI=1S/C10H22N2O4S.ClH/c1-15-7-5-11-3-4-12-17(13,14)9-10-2-6-16-8-10;/h10-12H,2-9H2,1H3;1H. The molecule has 0 aromatic rings. The first-order valence-corrected chi connectivity index (χ1v) is 7.54. The fraction of sp³-hybridized carbons (Fsp3) is 1.00. The smallest absolute Gasteiger partial charge is 0.211 e. The van der Waals surface area contributed by atoms with E-state index in [-0.39, 0.29) is 24.1 Å². The SMILES string of the molecule is COCCNCCNS(=O)(=O)CC1CCOC1.Cl. The molecule has 0 spiro atoms. The summed E-state index contributed by atoms with van der Waals surface area (Å²) in [4.78, 5) is 0. The van der Waals surface area contributed by atoms with E-state index in [0.29, 0.717) is 32.9 Å². The second-order valence-corrected chi connectivity index (χ2v) is 6.00. The van der Waals surface area contributed by atoms with Gasteiger partial charge in [-0.05, 0) is 12.3 Å². The van der Waals surface area contributed by atoms with E-state index >= 15 is 0 Å². The van der Waals surface area contributed by atoms with Crippen LogP contribution in [0.25, 0.3) is 0 Å². The van der Waals surface area contributed by atoms with E-state index in [2.05, 4.69) is 10.0 Å². The van der Waals surface area contributed by atoms with Crippen molar-refractivity contribution in [2.45, 2.75) is 6.42 Å². The van der Waals surface area contributed by atoms with Crippen molar-refractivity contribution in [1.29, 1.82) is 0 Å². The highest BCUT2D eigenvalue weighted by Gasteiger charge is 2.22. The number of hydrogen-bond donors (Lipinski definition) is 2. The Labute approximate surface area is 115 Å². The molecule has 1 fully saturated rings. The molecule has 8 heteroatoms. The maximum absolute atomic E-state index is 11.7. The quantitative estimate of drug-likeness (QED) is 0.567. The van der Waals surface area contributed by atoms with Crippen LogP contribution in [0.3, 0.4) is 0 Å². The number of rotatable bonds is 9. The average molecular weight is 303 g/mol. The van der Waals surface area contributed by atoms with Crippen molar-refractivity contribution in [3.63, 3.8) is 0 Å². The van der Waals surface area contributed by atoms with Crippen LogP contribution in [-0.4, -0.2) is 60.7 Å². The highest BCUT2D eigenvalue weighted by molar-refractivity contribution is 7.89. The first kappa shape index (κ1) is 18.1. The van der Waals surface area contributed by atoms with Gasteiger partial charge in [0.25, 0.3) is 0 Å². The molecule has 1 heterocycles. The van der Waals surface area contributed by atoms with Gasteiger partial charge in [0, 0.05) is 33.4 Å². The molecule has 0 aromatic heterocycles. The van der Waals surface area contributed by atoms with Crippen molar-refractivity contribution in [1.82, 2.24) is 10.0 Å². The molecule has 0 saturated carbocycles. The third-order valence-corrected chi connectivity index (χ3v) is 4.14. The van der Waals surface area contributed by atoms with Crippen LogP contribution >= 0.6 is 12.4 Å². The van der Waals surface area contributed by atoms with Gasteiger partial charge in [-0.15, -0.1) is 12.4 Å². The number of ether oxygens (including phenoxy) is 2. The molecule has 1 saturated heterocycles. The average Bonchev–Trinajstić information content (AvgIpc) is 2.75. The molecule has 1 rings (SSSR count). The summed E-state index contributed by atoms with van der Waals surface area (Å²) in [5.41, 5.74) is 0. The van der Waals surface area contributed by atoms with Crippen LogP contribution in [0.1, 0.15) is 6.42 Å². The predicted octanol–water partition coefficient (Wildman–Crippen LogP) is -0.400. The Balaban J connectivity index is 0.00000289. The first-order valence-electron chi connectivity index (χ1n) is 5.89. The summed E-state index contributed by atoms with van der Waals surface area (Å²) < 4.78 is 35.9. The van der Waals surface area contributed by atoms with E-state index < -0.39 is 10.0 Å². The van der Waals surface area contributed by atoms with Crippen LogP contribution in [0.4, 0.5) is 0 Å². The molecule has 0 aliphatic carbocycles. The van der Waals surface area contributed by atoms with Gasteiger partial charge in [0.1, 0.15) is 0 Å². The van der Waals surface area contributed by atoms with E-state index in [1.807, 2.05) is 0 Å². The van der Waals surface area contributed by atoms with E-state index in [4.69, 9.17) is 9.47 Å². The lowest BCUT2D eigenvalue weighted by molar-refractivity contribution is 0.188. The zero-order chi connectivity index (χ0) is 12.6.